The number of methoxy groups -OCH3 is 1. The number of hydrogen-bond acceptors (Lipinski definition) is 8. The standard InChI is InChI=1S/C37H49FN4O6/c1-35(2,3)47-33(43)40(7)18-19-46-26-12-10-25(11-13-26)29-21-31(27-20-28(38)32(45-8)22-30(27)39-29)41-17-15-37(23-41)14-9-16-42(24-37)34(44)48-36(4,5)6/h10-13,20-22H,9,14-19,23-24H2,1-8H3. The van der Waals surface area contributed by atoms with Gasteiger partial charge in [-0.25, -0.2) is 19.0 Å². The summed E-state index contributed by atoms with van der Waals surface area (Å²) >= 11 is 0. The molecule has 3 aromatic rings. The lowest BCUT2D eigenvalue weighted by Gasteiger charge is -2.40. The van der Waals surface area contributed by atoms with Crippen molar-refractivity contribution >= 4 is 28.8 Å². The van der Waals surface area contributed by atoms with E-state index >= 15 is 4.39 Å². The predicted octanol–water partition coefficient (Wildman–Crippen LogP) is 7.52. The summed E-state index contributed by atoms with van der Waals surface area (Å²) in [4.78, 5) is 35.8. The maximum atomic E-state index is 15.1. The van der Waals surface area contributed by atoms with Gasteiger partial charge in [0.25, 0.3) is 0 Å². The summed E-state index contributed by atoms with van der Waals surface area (Å²) in [6.07, 6.45) is 2.17. The van der Waals surface area contributed by atoms with Gasteiger partial charge in [0.2, 0.25) is 0 Å². The Morgan fingerprint density at radius 1 is 0.958 bits per heavy atom. The zero-order valence-electron chi connectivity index (χ0n) is 29.5. The Morgan fingerprint density at radius 3 is 2.33 bits per heavy atom. The van der Waals surface area contributed by atoms with Crippen molar-refractivity contribution in [2.75, 3.05) is 58.4 Å². The van der Waals surface area contributed by atoms with Crippen LogP contribution in [0.25, 0.3) is 22.2 Å². The number of benzene rings is 2. The number of carbonyl (C=O) groups excluding carboxylic acids is 2. The van der Waals surface area contributed by atoms with Gasteiger partial charge in [-0.2, -0.15) is 0 Å². The third-order valence-corrected chi connectivity index (χ3v) is 8.70. The lowest BCUT2D eigenvalue weighted by Crippen LogP contribution is -2.48. The molecule has 2 amide bonds. The molecule has 1 unspecified atom stereocenters. The van der Waals surface area contributed by atoms with Crippen molar-refractivity contribution in [3.8, 4) is 22.8 Å². The quantitative estimate of drug-likeness (QED) is 0.256. The average Bonchev–Trinajstić information content (AvgIpc) is 3.41. The van der Waals surface area contributed by atoms with E-state index in [1.807, 2.05) is 76.8 Å². The Labute approximate surface area is 283 Å². The highest BCUT2D eigenvalue weighted by atomic mass is 19.1. The lowest BCUT2D eigenvalue weighted by molar-refractivity contribution is 0.00710. The number of piperidine rings is 1. The number of anilines is 1. The molecule has 1 atom stereocenters. The molecule has 2 fully saturated rings. The molecule has 2 aliphatic rings. The van der Waals surface area contributed by atoms with Crippen molar-refractivity contribution in [3.05, 3.63) is 48.3 Å². The minimum Gasteiger partial charge on any atom is -0.494 e. The minimum atomic E-state index is -0.562. The van der Waals surface area contributed by atoms with Crippen molar-refractivity contribution in [1.82, 2.24) is 14.8 Å². The average molecular weight is 665 g/mol. The van der Waals surface area contributed by atoms with Gasteiger partial charge in [0.05, 0.1) is 24.9 Å². The van der Waals surface area contributed by atoms with E-state index in [0.717, 1.165) is 49.3 Å². The molecular weight excluding hydrogens is 615 g/mol. The van der Waals surface area contributed by atoms with Gasteiger partial charge in [-0.15, -0.1) is 0 Å². The molecule has 3 heterocycles. The van der Waals surface area contributed by atoms with E-state index in [1.165, 1.54) is 18.1 Å². The number of nitrogens with zero attached hydrogens (tertiary/aromatic N) is 4. The number of aromatic nitrogens is 1. The van der Waals surface area contributed by atoms with E-state index in [9.17, 15) is 9.59 Å². The molecule has 1 spiro atoms. The number of ether oxygens (including phenoxy) is 4. The highest BCUT2D eigenvalue weighted by Crippen LogP contribution is 2.44. The Hall–Kier alpha value is -4.28. The highest BCUT2D eigenvalue weighted by molar-refractivity contribution is 5.95. The fourth-order valence-corrected chi connectivity index (χ4v) is 6.39. The molecule has 0 radical (unpaired) electrons. The summed E-state index contributed by atoms with van der Waals surface area (Å²) in [7, 11) is 3.13. The number of carbonyl (C=O) groups is 2. The molecule has 1 aromatic heterocycles. The molecule has 260 valence electrons. The second-order valence-corrected chi connectivity index (χ2v) is 15.0. The van der Waals surface area contributed by atoms with Crippen LogP contribution in [-0.2, 0) is 9.47 Å². The first-order chi connectivity index (χ1) is 22.5. The van der Waals surface area contributed by atoms with Gasteiger partial charge in [0.1, 0.15) is 23.6 Å². The van der Waals surface area contributed by atoms with Crippen LogP contribution in [0.5, 0.6) is 11.5 Å². The molecule has 0 saturated carbocycles. The number of likely N-dealkylation sites (tertiary alicyclic amines) is 1. The van der Waals surface area contributed by atoms with Crippen LogP contribution in [0.4, 0.5) is 19.7 Å². The van der Waals surface area contributed by atoms with Gasteiger partial charge in [-0.05, 0) is 97.2 Å². The number of halogens is 1. The Balaban J connectivity index is 1.35. The molecule has 11 heteroatoms. The first kappa shape index (κ1) is 35.0. The van der Waals surface area contributed by atoms with Crippen molar-refractivity contribution < 1.29 is 32.9 Å². The summed E-state index contributed by atoms with van der Waals surface area (Å²) in [5.41, 5.74) is 1.95. The van der Waals surface area contributed by atoms with E-state index in [4.69, 9.17) is 23.9 Å². The van der Waals surface area contributed by atoms with Crippen molar-refractivity contribution in [2.45, 2.75) is 72.0 Å². The third kappa shape index (κ3) is 8.41. The molecule has 0 aliphatic carbocycles. The van der Waals surface area contributed by atoms with Gasteiger partial charge < -0.3 is 33.6 Å². The molecule has 2 aliphatic heterocycles. The number of fused-ring (bicyclic) bond motifs is 1. The second kappa shape index (κ2) is 13.7. The van der Waals surface area contributed by atoms with Crippen LogP contribution < -0.4 is 14.4 Å². The van der Waals surface area contributed by atoms with Crippen LogP contribution in [0, 0.1) is 11.2 Å². The van der Waals surface area contributed by atoms with Gasteiger partial charge in [0.15, 0.2) is 11.6 Å². The van der Waals surface area contributed by atoms with Crippen molar-refractivity contribution in [1.29, 1.82) is 0 Å². The van der Waals surface area contributed by atoms with Crippen molar-refractivity contribution in [2.24, 2.45) is 5.41 Å². The fraction of sp³-hybridized carbons (Fsp3) is 0.541. The van der Waals surface area contributed by atoms with Gasteiger partial charge in [0, 0.05) is 61.3 Å². The van der Waals surface area contributed by atoms with Crippen LogP contribution in [0.1, 0.15) is 60.8 Å². The molecule has 5 rings (SSSR count). The monoisotopic (exact) mass is 664 g/mol. The number of rotatable bonds is 7. The molecular formula is C37H49FN4O6. The molecule has 0 N–H and O–H groups in total. The normalized spacial score (nSPS) is 18.3. The summed E-state index contributed by atoms with van der Waals surface area (Å²) < 4.78 is 37.4. The zero-order chi connectivity index (χ0) is 34.9. The first-order valence-corrected chi connectivity index (χ1v) is 16.6. The van der Waals surface area contributed by atoms with E-state index in [0.29, 0.717) is 42.9 Å². The van der Waals surface area contributed by atoms with Gasteiger partial charge in [-0.1, -0.05) is 0 Å². The van der Waals surface area contributed by atoms with E-state index in [1.54, 1.807) is 13.1 Å². The van der Waals surface area contributed by atoms with Crippen LogP contribution in [0.3, 0.4) is 0 Å². The summed E-state index contributed by atoms with van der Waals surface area (Å²) in [5, 5.41) is 0.711. The second-order valence-electron chi connectivity index (χ2n) is 15.0. The topological polar surface area (TPSA) is 93.7 Å². The third-order valence-electron chi connectivity index (χ3n) is 8.70. The molecule has 10 nitrogen and oxygen atoms in total. The van der Waals surface area contributed by atoms with Gasteiger partial charge >= 0.3 is 12.2 Å². The van der Waals surface area contributed by atoms with Crippen LogP contribution in [0.2, 0.25) is 0 Å². The van der Waals surface area contributed by atoms with E-state index in [-0.39, 0.29) is 17.3 Å². The molecule has 48 heavy (non-hydrogen) atoms. The van der Waals surface area contributed by atoms with E-state index < -0.39 is 23.1 Å². The van der Waals surface area contributed by atoms with Crippen LogP contribution in [-0.4, -0.2) is 91.7 Å². The van der Waals surface area contributed by atoms with Crippen LogP contribution in [0.15, 0.2) is 42.5 Å². The Bertz CT molecular complexity index is 1630. The molecule has 2 saturated heterocycles. The number of pyridine rings is 1. The number of likely N-dealkylation sites (N-methyl/N-ethyl adjacent to an activating group) is 1. The minimum absolute atomic E-state index is 0.0769. The SMILES string of the molecule is COc1cc2nc(-c3ccc(OCCN(C)C(=O)OC(C)(C)C)cc3)cc(N3CCC4(CCCN(C(=O)OC(C)(C)C)C4)C3)c2cc1F. The number of amides is 2. The molecule has 0 bridgehead atoms. The van der Waals surface area contributed by atoms with Gasteiger partial charge in [-0.3, -0.25) is 0 Å². The summed E-state index contributed by atoms with van der Waals surface area (Å²) in [6, 6.07) is 12.8. The smallest absolute Gasteiger partial charge is 0.410 e. The lowest BCUT2D eigenvalue weighted by atomic mass is 9.79. The Morgan fingerprint density at radius 2 is 1.67 bits per heavy atom. The van der Waals surface area contributed by atoms with Crippen LogP contribution >= 0.6 is 0 Å². The fourth-order valence-electron chi connectivity index (χ4n) is 6.39. The maximum Gasteiger partial charge on any atom is 0.410 e. The maximum absolute atomic E-state index is 15.1. The molecule has 2 aromatic carbocycles. The summed E-state index contributed by atoms with van der Waals surface area (Å²) in [5.74, 6) is 0.355. The number of hydrogen-bond donors (Lipinski definition) is 0. The predicted molar refractivity (Wildman–Crippen MR) is 184 cm³/mol. The van der Waals surface area contributed by atoms with E-state index in [2.05, 4.69) is 4.90 Å². The highest BCUT2D eigenvalue weighted by Gasteiger charge is 2.43. The summed E-state index contributed by atoms with van der Waals surface area (Å²) in [6.45, 7) is 14.7. The zero-order valence-corrected chi connectivity index (χ0v) is 29.5. The largest absolute Gasteiger partial charge is 0.494 e. The first-order valence-electron chi connectivity index (χ1n) is 16.6. The Kier molecular flexibility index (Phi) is 9.99. The van der Waals surface area contributed by atoms with Crippen molar-refractivity contribution in [3.63, 3.8) is 0 Å².